The number of thiophene rings is 1. The summed E-state index contributed by atoms with van der Waals surface area (Å²) >= 11 is 7.98. The Bertz CT molecular complexity index is 1260. The summed E-state index contributed by atoms with van der Waals surface area (Å²) in [5.74, 6) is 0.696. The van der Waals surface area contributed by atoms with Gasteiger partial charge in [0.05, 0.1) is 21.7 Å². The zero-order valence-corrected chi connectivity index (χ0v) is 19.6. The van der Waals surface area contributed by atoms with Crippen molar-refractivity contribution in [3.8, 4) is 10.6 Å². The number of hydrogen-bond acceptors (Lipinski definition) is 3. The molecule has 1 saturated heterocycles. The zero-order chi connectivity index (χ0) is 22.1. The maximum Gasteiger partial charge on any atom is 0.254 e. The number of amides is 1. The molecule has 3 heterocycles. The van der Waals surface area contributed by atoms with Gasteiger partial charge in [-0.3, -0.25) is 4.79 Å². The van der Waals surface area contributed by atoms with Gasteiger partial charge in [0.2, 0.25) is 0 Å². The molecule has 5 rings (SSSR count). The fourth-order valence-electron chi connectivity index (χ4n) is 4.53. The van der Waals surface area contributed by atoms with Gasteiger partial charge in [-0.2, -0.15) is 0 Å². The molecule has 0 aliphatic carbocycles. The highest BCUT2D eigenvalue weighted by Gasteiger charge is 2.26. The third-order valence-corrected chi connectivity index (χ3v) is 7.52. The minimum Gasteiger partial charge on any atom is -0.339 e. The van der Waals surface area contributed by atoms with Crippen molar-refractivity contribution in [3.63, 3.8) is 0 Å². The summed E-state index contributed by atoms with van der Waals surface area (Å²) in [7, 11) is 0. The van der Waals surface area contributed by atoms with Crippen LogP contribution in [0.1, 0.15) is 33.6 Å². The van der Waals surface area contributed by atoms with Crippen molar-refractivity contribution >= 4 is 39.7 Å². The van der Waals surface area contributed by atoms with Crippen molar-refractivity contribution in [1.29, 1.82) is 0 Å². The minimum atomic E-state index is 0.0763. The van der Waals surface area contributed by atoms with E-state index in [0.29, 0.717) is 16.5 Å². The van der Waals surface area contributed by atoms with E-state index < -0.39 is 0 Å². The largest absolute Gasteiger partial charge is 0.339 e. The van der Waals surface area contributed by atoms with E-state index in [4.69, 9.17) is 16.6 Å². The number of fused-ring (bicyclic) bond motifs is 1. The van der Waals surface area contributed by atoms with Gasteiger partial charge < -0.3 is 4.90 Å². The lowest BCUT2D eigenvalue weighted by molar-refractivity contribution is 0.0692. The van der Waals surface area contributed by atoms with Crippen LogP contribution in [-0.4, -0.2) is 28.9 Å². The molecule has 4 aromatic rings. The molecule has 0 spiro atoms. The van der Waals surface area contributed by atoms with Crippen LogP contribution in [0.15, 0.2) is 66.7 Å². The number of halogens is 1. The average Bonchev–Trinajstić information content (AvgIpc) is 3.25. The van der Waals surface area contributed by atoms with Crippen molar-refractivity contribution in [1.82, 2.24) is 9.88 Å². The highest BCUT2D eigenvalue weighted by Crippen LogP contribution is 2.32. The Morgan fingerprint density at radius 2 is 1.84 bits per heavy atom. The summed E-state index contributed by atoms with van der Waals surface area (Å²) in [5, 5.41) is 1.44. The molecule has 32 heavy (non-hydrogen) atoms. The number of aromatic nitrogens is 1. The van der Waals surface area contributed by atoms with Crippen LogP contribution in [0.25, 0.3) is 21.5 Å². The van der Waals surface area contributed by atoms with Crippen LogP contribution in [-0.2, 0) is 6.42 Å². The Balaban J connectivity index is 1.41. The monoisotopic (exact) mass is 460 g/mol. The number of pyridine rings is 1. The average molecular weight is 461 g/mol. The number of piperidine rings is 1. The Hall–Kier alpha value is -2.69. The molecule has 1 aliphatic rings. The van der Waals surface area contributed by atoms with Crippen LogP contribution in [0.5, 0.6) is 0 Å². The molecular weight excluding hydrogens is 436 g/mol. The molecular formula is C27H25ClN2OS. The Morgan fingerprint density at radius 1 is 1.06 bits per heavy atom. The second kappa shape index (κ2) is 9.05. The van der Waals surface area contributed by atoms with Gasteiger partial charge in [-0.1, -0.05) is 41.9 Å². The summed E-state index contributed by atoms with van der Waals surface area (Å²) in [6, 6.07) is 22.4. The number of aryl methyl sites for hydroxylation is 1. The standard InChI is InChI=1S/C27H25ClN2OS/c1-18-7-10-26(32-18)25-17-23(22-16-21(28)8-9-24(22)29-25)27(31)30-13-11-20(12-14-30)15-19-5-3-2-4-6-19/h2-10,16-17,20H,11-15H2,1H3. The summed E-state index contributed by atoms with van der Waals surface area (Å²) in [5.41, 5.74) is 3.73. The number of carbonyl (C=O) groups excluding carboxylic acids is 1. The quantitative estimate of drug-likeness (QED) is 0.328. The van der Waals surface area contributed by atoms with Crippen molar-refractivity contribution in [3.05, 3.63) is 87.8 Å². The summed E-state index contributed by atoms with van der Waals surface area (Å²) in [6.07, 6.45) is 3.14. The number of rotatable bonds is 4. The van der Waals surface area contributed by atoms with Gasteiger partial charge in [-0.05, 0) is 74.1 Å². The first kappa shape index (κ1) is 21.2. The lowest BCUT2D eigenvalue weighted by Crippen LogP contribution is -2.39. The normalized spacial score (nSPS) is 14.8. The predicted molar refractivity (Wildman–Crippen MR) is 134 cm³/mol. The van der Waals surface area contributed by atoms with Crippen LogP contribution in [0, 0.1) is 12.8 Å². The summed E-state index contributed by atoms with van der Waals surface area (Å²) in [6.45, 7) is 3.66. The molecule has 0 saturated carbocycles. The zero-order valence-electron chi connectivity index (χ0n) is 18.1. The van der Waals surface area contributed by atoms with E-state index in [0.717, 1.165) is 53.8 Å². The molecule has 2 aromatic heterocycles. The molecule has 1 aliphatic heterocycles. The first-order valence-corrected chi connectivity index (χ1v) is 12.3. The van der Waals surface area contributed by atoms with Crippen LogP contribution >= 0.6 is 22.9 Å². The molecule has 162 valence electrons. The molecule has 1 amide bonds. The van der Waals surface area contributed by atoms with Gasteiger partial charge >= 0.3 is 0 Å². The van der Waals surface area contributed by atoms with Gasteiger partial charge in [0.15, 0.2) is 0 Å². The summed E-state index contributed by atoms with van der Waals surface area (Å²) in [4.78, 5) is 22.8. The molecule has 1 fully saturated rings. The van der Waals surface area contributed by atoms with Gasteiger partial charge in [0.25, 0.3) is 5.91 Å². The van der Waals surface area contributed by atoms with E-state index in [1.165, 1.54) is 10.4 Å². The van der Waals surface area contributed by atoms with Crippen molar-refractivity contribution < 1.29 is 4.79 Å². The van der Waals surface area contributed by atoms with E-state index in [1.54, 1.807) is 11.3 Å². The fraction of sp³-hybridized carbons (Fsp3) is 0.259. The number of carbonyl (C=O) groups is 1. The number of hydrogen-bond donors (Lipinski definition) is 0. The van der Waals surface area contributed by atoms with Gasteiger partial charge in [-0.15, -0.1) is 11.3 Å². The maximum atomic E-state index is 13.6. The van der Waals surface area contributed by atoms with E-state index in [1.807, 2.05) is 29.2 Å². The second-order valence-corrected chi connectivity index (χ2v) is 10.3. The van der Waals surface area contributed by atoms with Crippen LogP contribution in [0.2, 0.25) is 5.02 Å². The van der Waals surface area contributed by atoms with E-state index in [-0.39, 0.29) is 5.91 Å². The van der Waals surface area contributed by atoms with Crippen molar-refractivity contribution in [2.24, 2.45) is 5.92 Å². The lowest BCUT2D eigenvalue weighted by atomic mass is 9.90. The van der Waals surface area contributed by atoms with E-state index in [2.05, 4.69) is 49.4 Å². The molecule has 0 unspecified atom stereocenters. The molecule has 0 atom stereocenters. The second-order valence-electron chi connectivity index (χ2n) is 8.55. The first-order valence-electron chi connectivity index (χ1n) is 11.1. The molecule has 0 radical (unpaired) electrons. The smallest absolute Gasteiger partial charge is 0.254 e. The van der Waals surface area contributed by atoms with Crippen LogP contribution in [0.4, 0.5) is 0 Å². The minimum absolute atomic E-state index is 0.0763. The number of nitrogens with zero attached hydrogens (tertiary/aromatic N) is 2. The molecule has 5 heteroatoms. The van der Waals surface area contributed by atoms with E-state index >= 15 is 0 Å². The van der Waals surface area contributed by atoms with Crippen LogP contribution < -0.4 is 0 Å². The highest BCUT2D eigenvalue weighted by atomic mass is 35.5. The van der Waals surface area contributed by atoms with Crippen LogP contribution in [0.3, 0.4) is 0 Å². The molecule has 3 nitrogen and oxygen atoms in total. The lowest BCUT2D eigenvalue weighted by Gasteiger charge is -2.32. The number of benzene rings is 2. The fourth-order valence-corrected chi connectivity index (χ4v) is 5.53. The SMILES string of the molecule is Cc1ccc(-c2cc(C(=O)N3CCC(Cc4ccccc4)CC3)c3cc(Cl)ccc3n2)s1. The van der Waals surface area contributed by atoms with Gasteiger partial charge in [0.1, 0.15) is 0 Å². The van der Waals surface area contributed by atoms with Gasteiger partial charge in [0, 0.05) is 28.4 Å². The third kappa shape index (κ3) is 4.43. The third-order valence-electron chi connectivity index (χ3n) is 6.26. The predicted octanol–water partition coefficient (Wildman–Crippen LogP) is 7.02. The summed E-state index contributed by atoms with van der Waals surface area (Å²) < 4.78 is 0. The maximum absolute atomic E-state index is 13.6. The van der Waals surface area contributed by atoms with Crippen molar-refractivity contribution in [2.75, 3.05) is 13.1 Å². The Labute approximate surface area is 197 Å². The number of likely N-dealkylation sites (tertiary alicyclic amines) is 1. The first-order chi connectivity index (χ1) is 15.6. The highest BCUT2D eigenvalue weighted by molar-refractivity contribution is 7.15. The Kier molecular flexibility index (Phi) is 5.99. The molecule has 0 bridgehead atoms. The van der Waals surface area contributed by atoms with Crippen molar-refractivity contribution in [2.45, 2.75) is 26.2 Å². The Morgan fingerprint density at radius 3 is 2.56 bits per heavy atom. The van der Waals surface area contributed by atoms with E-state index in [9.17, 15) is 4.79 Å². The van der Waals surface area contributed by atoms with Gasteiger partial charge in [-0.25, -0.2) is 4.98 Å². The topological polar surface area (TPSA) is 33.2 Å². The molecule has 2 aromatic carbocycles. The molecule has 0 N–H and O–H groups in total.